The Morgan fingerprint density at radius 2 is 0.824 bits per heavy atom. The molecule has 3 radical (unpaired) electrons. The van der Waals surface area contributed by atoms with Crippen molar-refractivity contribution in [3.05, 3.63) is 50.0 Å². The molecule has 1 aliphatic carbocycles. The van der Waals surface area contributed by atoms with Crippen molar-refractivity contribution in [3.63, 3.8) is 0 Å². The van der Waals surface area contributed by atoms with Gasteiger partial charge in [0.15, 0.2) is 0 Å². The van der Waals surface area contributed by atoms with Crippen LogP contribution >= 0.6 is 0 Å². The van der Waals surface area contributed by atoms with Gasteiger partial charge in [-0.25, -0.2) is 12.4 Å². The summed E-state index contributed by atoms with van der Waals surface area (Å²) in [5.41, 5.74) is 0. The zero-order valence-electron chi connectivity index (χ0n) is 11.4. The van der Waals surface area contributed by atoms with Gasteiger partial charge in [-0.1, -0.05) is 38.2 Å². The van der Waals surface area contributed by atoms with Crippen molar-refractivity contribution in [2.75, 3.05) is 0 Å². The second kappa shape index (κ2) is 36.1. The summed E-state index contributed by atoms with van der Waals surface area (Å²) in [6.07, 6.45) is 17.5. The topological polar surface area (TPSA) is 44.6 Å². The van der Waals surface area contributed by atoms with E-state index in [0.717, 1.165) is 0 Å². The molecule has 0 aliphatic heterocycles. The van der Waals surface area contributed by atoms with Crippen molar-refractivity contribution in [2.24, 2.45) is 0 Å². The smallest absolute Gasteiger partial charge is 0 e. The molecule has 0 saturated carbocycles. The molecule has 103 valence electrons. The first kappa shape index (κ1) is 29.9. The zero-order chi connectivity index (χ0) is 11.1. The molecule has 0 N–H and O–H groups in total. The van der Waals surface area contributed by atoms with Gasteiger partial charge in [-0.15, -0.1) is 0 Å². The molecule has 2 nitrogen and oxygen atoms in total. The van der Waals surface area contributed by atoms with E-state index in [-0.39, 0.29) is 34.3 Å². The first-order chi connectivity index (χ1) is 6.83. The van der Waals surface area contributed by atoms with E-state index < -0.39 is 0 Å². The van der Waals surface area contributed by atoms with Crippen molar-refractivity contribution in [1.82, 2.24) is 0 Å². The van der Waals surface area contributed by atoms with Crippen molar-refractivity contribution in [2.45, 2.75) is 39.5 Å². The van der Waals surface area contributed by atoms with Crippen LogP contribution in [0.1, 0.15) is 39.5 Å². The first-order valence-corrected chi connectivity index (χ1v) is 4.75. The van der Waals surface area contributed by atoms with E-state index in [1.165, 1.54) is 39.5 Å². The van der Waals surface area contributed by atoms with Crippen LogP contribution in [0, 0.1) is 14.9 Å². The molecule has 1 aliphatic rings. The Morgan fingerprint density at radius 1 is 0.706 bits per heavy atom. The SMILES string of the molecule is C1=CCCC=CCC1.C[C]=[N-].C[C]=[N-].[CH3-].[CH3-].[Rh]. The van der Waals surface area contributed by atoms with Crippen LogP contribution in [0.4, 0.5) is 0 Å². The maximum Gasteiger partial charge on any atom is 0 e. The molecule has 0 bridgehead atoms. The predicted octanol–water partition coefficient (Wildman–Crippen LogP) is 4.62. The van der Waals surface area contributed by atoms with Gasteiger partial charge in [0, 0.05) is 19.5 Å². The number of hydrogen-bond donors (Lipinski definition) is 0. The fourth-order valence-corrected chi connectivity index (χ4v) is 0.856. The second-order valence-corrected chi connectivity index (χ2v) is 2.54. The molecule has 0 unspecified atom stereocenters. The van der Waals surface area contributed by atoms with Gasteiger partial charge in [0.2, 0.25) is 0 Å². The summed E-state index contributed by atoms with van der Waals surface area (Å²) < 4.78 is 0. The largest absolute Gasteiger partial charge is 0.809 e. The Morgan fingerprint density at radius 3 is 0.941 bits per heavy atom. The van der Waals surface area contributed by atoms with E-state index >= 15 is 0 Å². The van der Waals surface area contributed by atoms with Crippen molar-refractivity contribution in [3.8, 4) is 0 Å². The number of nitrogens with zero attached hydrogens (tertiary/aromatic N) is 2. The molecule has 0 aromatic carbocycles. The Labute approximate surface area is 121 Å². The summed E-state index contributed by atoms with van der Waals surface area (Å²) in [6.45, 7) is 2.86. The van der Waals surface area contributed by atoms with Crippen LogP contribution in [0.25, 0.3) is 10.8 Å². The summed E-state index contributed by atoms with van der Waals surface area (Å²) >= 11 is 0. The van der Waals surface area contributed by atoms with Gasteiger partial charge in [0.1, 0.15) is 0 Å². The summed E-state index contributed by atoms with van der Waals surface area (Å²) in [4.78, 5) is 0. The molecule has 0 saturated heterocycles. The quantitative estimate of drug-likeness (QED) is 0.270. The third-order valence-electron chi connectivity index (χ3n) is 1.33. The third-order valence-corrected chi connectivity index (χ3v) is 1.33. The number of rotatable bonds is 0. The Bertz CT molecular complexity index is 143. The Hall–Kier alpha value is -0.557. The van der Waals surface area contributed by atoms with E-state index in [0.29, 0.717) is 0 Å². The van der Waals surface area contributed by atoms with Crippen LogP contribution in [-0.2, 0) is 19.5 Å². The molecule has 1 rings (SSSR count). The monoisotopic (exact) mass is 323 g/mol. The molecule has 0 atom stereocenters. The van der Waals surface area contributed by atoms with Crippen molar-refractivity contribution < 1.29 is 19.5 Å². The minimum Gasteiger partial charge on any atom is -0.809 e. The average Bonchev–Trinajstić information content (AvgIpc) is 2.04. The van der Waals surface area contributed by atoms with Crippen LogP contribution in [0.15, 0.2) is 24.3 Å². The zero-order valence-corrected chi connectivity index (χ0v) is 13.0. The van der Waals surface area contributed by atoms with Crippen LogP contribution < -0.4 is 0 Å². The predicted molar refractivity (Wildman–Crippen MR) is 77.7 cm³/mol. The van der Waals surface area contributed by atoms with E-state index in [9.17, 15) is 0 Å². The van der Waals surface area contributed by atoms with E-state index in [1.54, 1.807) is 12.4 Å². The fourth-order valence-electron chi connectivity index (χ4n) is 0.856. The average molecular weight is 323 g/mol. The Kier molecular flexibility index (Phi) is 63.6. The minimum atomic E-state index is 0. The van der Waals surface area contributed by atoms with Crippen LogP contribution in [0.5, 0.6) is 0 Å². The van der Waals surface area contributed by atoms with Gasteiger partial charge in [-0.05, 0) is 25.7 Å². The molecular formula is C14H24N2Rh-4. The normalized spacial score (nSPS) is 10.9. The summed E-state index contributed by atoms with van der Waals surface area (Å²) in [7, 11) is 0. The third kappa shape index (κ3) is 50.4. The van der Waals surface area contributed by atoms with Crippen LogP contribution in [-0.4, -0.2) is 12.4 Å². The first-order valence-electron chi connectivity index (χ1n) is 4.75. The van der Waals surface area contributed by atoms with Gasteiger partial charge in [0.25, 0.3) is 0 Å². The number of allylic oxidation sites excluding steroid dienone is 4. The fraction of sp³-hybridized carbons (Fsp3) is 0.429. The van der Waals surface area contributed by atoms with E-state index in [1.807, 2.05) is 0 Å². The summed E-state index contributed by atoms with van der Waals surface area (Å²) in [6, 6.07) is 0. The molecule has 0 aromatic heterocycles. The molecule has 0 fully saturated rings. The van der Waals surface area contributed by atoms with Gasteiger partial charge < -0.3 is 25.7 Å². The van der Waals surface area contributed by atoms with Crippen molar-refractivity contribution in [1.29, 1.82) is 0 Å². The molecule has 0 amide bonds. The van der Waals surface area contributed by atoms with Gasteiger partial charge in [-0.3, -0.25) is 0 Å². The summed E-state index contributed by atoms with van der Waals surface area (Å²) in [5.74, 6) is 0. The maximum atomic E-state index is 7.32. The second-order valence-electron chi connectivity index (χ2n) is 2.54. The molecule has 0 spiro atoms. The standard InChI is InChI=1S/C8H12.2C2H3N.2CH3.Rh/c1-2-4-6-8-7-5-3-1;2*1-2-3;;;/h1-2,7-8H,3-6H2;2*1H3;2*1H3;/q;4*-1;. The van der Waals surface area contributed by atoms with Crippen molar-refractivity contribution >= 4 is 12.4 Å². The molecular weight excluding hydrogens is 299 g/mol. The van der Waals surface area contributed by atoms with Crippen LogP contribution in [0.3, 0.4) is 0 Å². The molecule has 0 aromatic rings. The Balaban J connectivity index is -0.0000000470. The van der Waals surface area contributed by atoms with Gasteiger partial charge in [0.05, 0.1) is 0 Å². The van der Waals surface area contributed by atoms with Crippen LogP contribution in [0.2, 0.25) is 0 Å². The van der Waals surface area contributed by atoms with E-state index in [4.69, 9.17) is 10.8 Å². The molecule has 3 heteroatoms. The maximum absolute atomic E-state index is 7.32. The summed E-state index contributed by atoms with van der Waals surface area (Å²) in [5, 5.41) is 14.6. The molecule has 17 heavy (non-hydrogen) atoms. The number of hydrogen-bond acceptors (Lipinski definition) is 0. The minimum absolute atomic E-state index is 0. The van der Waals surface area contributed by atoms with Gasteiger partial charge in [-0.2, -0.15) is 0 Å². The molecule has 0 heterocycles. The van der Waals surface area contributed by atoms with Gasteiger partial charge >= 0.3 is 0 Å². The van der Waals surface area contributed by atoms with E-state index in [2.05, 4.69) is 24.3 Å².